The summed E-state index contributed by atoms with van der Waals surface area (Å²) in [6.45, 7) is 11.5. The van der Waals surface area contributed by atoms with Crippen molar-refractivity contribution in [3.63, 3.8) is 0 Å². The van der Waals surface area contributed by atoms with Crippen LogP contribution in [-0.2, 0) is 23.8 Å². The van der Waals surface area contributed by atoms with Gasteiger partial charge in [-0.1, -0.05) is 12.7 Å². The lowest BCUT2D eigenvalue weighted by molar-refractivity contribution is -0.140. The van der Waals surface area contributed by atoms with Gasteiger partial charge in [-0.15, -0.1) is 6.58 Å². The van der Waals surface area contributed by atoms with Gasteiger partial charge in [-0.25, -0.2) is 9.59 Å². The second-order valence-corrected chi connectivity index (χ2v) is 5.47. The van der Waals surface area contributed by atoms with E-state index in [-0.39, 0.29) is 43.0 Å². The number of ether oxygens (including phenoxy) is 3. The number of aliphatic hydroxyl groups excluding tert-OH is 2. The molecule has 0 bridgehead atoms. The minimum Gasteiger partial charge on any atom is -0.511 e. The van der Waals surface area contributed by atoms with Crippen LogP contribution in [0.4, 0.5) is 0 Å². The zero-order chi connectivity index (χ0) is 19.2. The molecular formula is C18H28O7. The van der Waals surface area contributed by atoms with Crippen LogP contribution in [-0.4, -0.2) is 54.7 Å². The Labute approximate surface area is 148 Å². The number of carbonyl (C=O) groups is 2. The molecule has 0 aromatic rings. The number of aliphatic hydroxyl groups is 2. The molecule has 7 heteroatoms. The van der Waals surface area contributed by atoms with Crippen LogP contribution < -0.4 is 0 Å². The van der Waals surface area contributed by atoms with Crippen LogP contribution >= 0.6 is 0 Å². The topological polar surface area (TPSA) is 106 Å². The molecule has 1 aliphatic rings. The highest BCUT2D eigenvalue weighted by atomic mass is 16.6. The molecule has 0 aromatic heterocycles. The highest BCUT2D eigenvalue weighted by Crippen LogP contribution is 2.09. The number of allylic oxidation sites excluding steroid dienone is 1. The Balaban J connectivity index is 0.000000496. The van der Waals surface area contributed by atoms with Crippen molar-refractivity contribution in [1.29, 1.82) is 0 Å². The highest BCUT2D eigenvalue weighted by Gasteiger charge is 2.24. The van der Waals surface area contributed by atoms with Crippen molar-refractivity contribution >= 4 is 11.9 Å². The average Bonchev–Trinajstić information content (AvgIpc) is 3.40. The molecule has 1 fully saturated rings. The van der Waals surface area contributed by atoms with Gasteiger partial charge in [0.05, 0.1) is 18.8 Å². The van der Waals surface area contributed by atoms with E-state index in [1.807, 2.05) is 0 Å². The van der Waals surface area contributed by atoms with Gasteiger partial charge >= 0.3 is 11.9 Å². The highest BCUT2D eigenvalue weighted by molar-refractivity contribution is 5.88. The number of epoxide rings is 1. The van der Waals surface area contributed by atoms with Crippen LogP contribution in [0.2, 0.25) is 0 Å². The normalized spacial score (nSPS) is 15.9. The van der Waals surface area contributed by atoms with Crippen molar-refractivity contribution in [3.05, 3.63) is 36.1 Å². The molecule has 0 amide bonds. The lowest BCUT2D eigenvalue weighted by atomic mass is 10.2. The maximum atomic E-state index is 11.3. The van der Waals surface area contributed by atoms with E-state index in [1.54, 1.807) is 6.92 Å². The summed E-state index contributed by atoms with van der Waals surface area (Å²) in [4.78, 5) is 22.0. The minimum absolute atomic E-state index is 0.0165. The first-order chi connectivity index (χ1) is 11.8. The monoisotopic (exact) mass is 356 g/mol. The lowest BCUT2D eigenvalue weighted by Crippen LogP contribution is -2.09. The van der Waals surface area contributed by atoms with Crippen molar-refractivity contribution in [3.8, 4) is 0 Å². The van der Waals surface area contributed by atoms with Crippen molar-refractivity contribution in [2.75, 3.05) is 26.4 Å². The fourth-order valence-corrected chi connectivity index (χ4v) is 1.35. The molecular weight excluding hydrogens is 328 g/mol. The van der Waals surface area contributed by atoms with Gasteiger partial charge in [-0.05, 0) is 26.7 Å². The van der Waals surface area contributed by atoms with Crippen molar-refractivity contribution in [1.82, 2.24) is 0 Å². The van der Waals surface area contributed by atoms with Crippen molar-refractivity contribution in [2.24, 2.45) is 0 Å². The van der Waals surface area contributed by atoms with Crippen LogP contribution in [0.25, 0.3) is 0 Å². The van der Waals surface area contributed by atoms with Gasteiger partial charge in [0.2, 0.25) is 0 Å². The summed E-state index contributed by atoms with van der Waals surface area (Å²) < 4.78 is 14.5. The van der Waals surface area contributed by atoms with Crippen molar-refractivity contribution < 1.29 is 34.0 Å². The smallest absolute Gasteiger partial charge is 0.337 e. The Morgan fingerprint density at radius 1 is 1.24 bits per heavy atom. The van der Waals surface area contributed by atoms with Crippen LogP contribution in [0.3, 0.4) is 0 Å². The van der Waals surface area contributed by atoms with E-state index in [2.05, 4.69) is 13.2 Å². The molecule has 1 atom stereocenters. The number of carbonyl (C=O) groups excluding carboxylic acids is 2. The van der Waals surface area contributed by atoms with Crippen LogP contribution in [0.15, 0.2) is 36.1 Å². The second kappa shape index (κ2) is 13.2. The zero-order valence-corrected chi connectivity index (χ0v) is 15.0. The summed E-state index contributed by atoms with van der Waals surface area (Å²) in [6, 6.07) is 0. The van der Waals surface area contributed by atoms with E-state index in [9.17, 15) is 14.7 Å². The molecule has 7 nitrogen and oxygen atoms in total. The first-order valence-corrected chi connectivity index (χ1v) is 8.05. The molecule has 0 aliphatic carbocycles. The van der Waals surface area contributed by atoms with Crippen molar-refractivity contribution in [2.45, 2.75) is 39.2 Å². The Hall–Kier alpha value is -2.12. The van der Waals surface area contributed by atoms with E-state index in [0.717, 1.165) is 0 Å². The molecule has 0 spiro atoms. The molecule has 1 unspecified atom stereocenters. The standard InChI is InChI=1S/C11H18O4.C7H10O3/c1-3-6-10(13)9(2)11(14)15-8-5-4-7-12;1-5(2)7(8)10-4-6-3-9-6/h3,12-13H,1,4-8H2,2H3;6H,1,3-4H2,2H3. The Morgan fingerprint density at radius 2 is 1.88 bits per heavy atom. The predicted molar refractivity (Wildman–Crippen MR) is 92.9 cm³/mol. The zero-order valence-electron chi connectivity index (χ0n) is 15.0. The quantitative estimate of drug-likeness (QED) is 0.154. The van der Waals surface area contributed by atoms with Gasteiger partial charge in [0.25, 0.3) is 0 Å². The van der Waals surface area contributed by atoms with Gasteiger partial charge in [-0.3, -0.25) is 0 Å². The van der Waals surface area contributed by atoms with E-state index in [1.165, 1.54) is 13.0 Å². The van der Waals surface area contributed by atoms with Gasteiger partial charge in [0.1, 0.15) is 18.5 Å². The summed E-state index contributed by atoms with van der Waals surface area (Å²) in [6.07, 6.45) is 3.14. The molecule has 142 valence electrons. The third-order valence-electron chi connectivity index (χ3n) is 3.01. The van der Waals surface area contributed by atoms with E-state index in [4.69, 9.17) is 19.3 Å². The summed E-state index contributed by atoms with van der Waals surface area (Å²) in [5.41, 5.74) is 0.638. The van der Waals surface area contributed by atoms with Gasteiger partial charge in [-0.2, -0.15) is 0 Å². The summed E-state index contributed by atoms with van der Waals surface area (Å²) in [7, 11) is 0. The summed E-state index contributed by atoms with van der Waals surface area (Å²) >= 11 is 0. The molecule has 25 heavy (non-hydrogen) atoms. The summed E-state index contributed by atoms with van der Waals surface area (Å²) in [5.74, 6) is -0.875. The second-order valence-electron chi connectivity index (χ2n) is 5.47. The first kappa shape index (κ1) is 22.9. The molecule has 1 aliphatic heterocycles. The van der Waals surface area contributed by atoms with Crippen LogP contribution in [0.1, 0.15) is 33.1 Å². The van der Waals surface area contributed by atoms with Crippen LogP contribution in [0.5, 0.6) is 0 Å². The molecule has 0 saturated carbocycles. The fraction of sp³-hybridized carbons (Fsp3) is 0.556. The predicted octanol–water partition coefficient (Wildman–Crippen LogP) is 2.21. The Morgan fingerprint density at radius 3 is 2.36 bits per heavy atom. The third-order valence-corrected chi connectivity index (χ3v) is 3.01. The maximum absolute atomic E-state index is 11.3. The van der Waals surface area contributed by atoms with Gasteiger partial charge in [0, 0.05) is 18.6 Å². The Bertz CT molecular complexity index is 490. The molecule has 1 heterocycles. The minimum atomic E-state index is -0.521. The van der Waals surface area contributed by atoms with E-state index >= 15 is 0 Å². The Kier molecular flexibility index (Phi) is 12.1. The summed E-state index contributed by atoms with van der Waals surface area (Å²) in [5, 5.41) is 17.9. The molecule has 0 aromatic carbocycles. The van der Waals surface area contributed by atoms with E-state index in [0.29, 0.717) is 31.6 Å². The number of esters is 2. The first-order valence-electron chi connectivity index (χ1n) is 8.05. The SMILES string of the molecule is C=C(C)C(=O)OCC1CO1.C=CCC(O)=C(C)C(=O)OCCCCO. The van der Waals surface area contributed by atoms with Gasteiger partial charge in [0.15, 0.2) is 0 Å². The van der Waals surface area contributed by atoms with E-state index < -0.39 is 5.97 Å². The van der Waals surface area contributed by atoms with Gasteiger partial charge < -0.3 is 24.4 Å². The average molecular weight is 356 g/mol. The molecule has 0 radical (unpaired) electrons. The number of unbranched alkanes of at least 4 members (excludes halogenated alkanes) is 1. The number of hydrogen-bond acceptors (Lipinski definition) is 7. The molecule has 2 N–H and O–H groups in total. The number of hydrogen-bond donors (Lipinski definition) is 2. The maximum Gasteiger partial charge on any atom is 0.337 e. The third kappa shape index (κ3) is 12.0. The molecule has 1 rings (SSSR count). The largest absolute Gasteiger partial charge is 0.511 e. The van der Waals surface area contributed by atoms with Crippen LogP contribution in [0, 0.1) is 0 Å². The number of rotatable bonds is 10. The molecule has 1 saturated heterocycles. The fourth-order valence-electron chi connectivity index (χ4n) is 1.35. The lowest BCUT2D eigenvalue weighted by Gasteiger charge is -2.05.